The summed E-state index contributed by atoms with van der Waals surface area (Å²) < 4.78 is 0. The molecule has 0 spiro atoms. The highest BCUT2D eigenvalue weighted by molar-refractivity contribution is 5.92. The van der Waals surface area contributed by atoms with Gasteiger partial charge in [-0.2, -0.15) is 0 Å². The summed E-state index contributed by atoms with van der Waals surface area (Å²) in [7, 11) is 0. The molecular weight excluding hydrogens is 228 g/mol. The number of benzene rings is 2. The molecule has 2 aromatic rings. The smallest absolute Gasteiger partial charge is 0.266 e. The zero-order valence-corrected chi connectivity index (χ0v) is 9.32. The Labute approximate surface area is 103 Å². The van der Waals surface area contributed by atoms with E-state index < -0.39 is 5.91 Å². The Bertz CT molecular complexity index is 711. The average Bonchev–Trinajstić information content (AvgIpc) is 2.82. The molecule has 0 aliphatic carbocycles. The van der Waals surface area contributed by atoms with Gasteiger partial charge in [0.1, 0.15) is 0 Å². The SMILES string of the molecule is O=C1C=C(N=Nc2cccc3ccccc23)N=N1. The lowest BCUT2D eigenvalue weighted by Gasteiger charge is -1.99. The van der Waals surface area contributed by atoms with Gasteiger partial charge in [0, 0.05) is 5.39 Å². The average molecular weight is 236 g/mol. The molecule has 0 fully saturated rings. The molecule has 2 aromatic carbocycles. The number of carbonyl (C=O) groups is 1. The maximum absolute atomic E-state index is 10.8. The van der Waals surface area contributed by atoms with Crippen molar-refractivity contribution in [3.8, 4) is 0 Å². The lowest BCUT2D eigenvalue weighted by atomic mass is 10.1. The summed E-state index contributed by atoms with van der Waals surface area (Å²) >= 11 is 0. The Kier molecular flexibility index (Phi) is 2.49. The quantitative estimate of drug-likeness (QED) is 0.732. The molecule has 1 aliphatic rings. The molecule has 5 nitrogen and oxygen atoms in total. The van der Waals surface area contributed by atoms with Crippen molar-refractivity contribution in [3.63, 3.8) is 0 Å². The predicted octanol–water partition coefficient (Wildman–Crippen LogP) is 3.76. The van der Waals surface area contributed by atoms with Crippen LogP contribution in [0.1, 0.15) is 0 Å². The second kappa shape index (κ2) is 4.29. The van der Waals surface area contributed by atoms with Crippen LogP contribution in [-0.4, -0.2) is 5.91 Å². The molecule has 0 N–H and O–H groups in total. The lowest BCUT2D eigenvalue weighted by Crippen LogP contribution is -1.77. The summed E-state index contributed by atoms with van der Waals surface area (Å²) in [5, 5.41) is 17.0. The van der Waals surface area contributed by atoms with Crippen LogP contribution < -0.4 is 0 Å². The van der Waals surface area contributed by atoms with Crippen molar-refractivity contribution in [2.24, 2.45) is 20.5 Å². The summed E-state index contributed by atoms with van der Waals surface area (Å²) in [4.78, 5) is 10.8. The van der Waals surface area contributed by atoms with Gasteiger partial charge in [-0.15, -0.1) is 20.5 Å². The molecule has 0 aromatic heterocycles. The fraction of sp³-hybridized carbons (Fsp3) is 0. The minimum absolute atomic E-state index is 0.230. The molecule has 0 saturated carbocycles. The summed E-state index contributed by atoms with van der Waals surface area (Å²) in [6.45, 7) is 0. The largest absolute Gasteiger partial charge is 0.292 e. The minimum Gasteiger partial charge on any atom is -0.266 e. The standard InChI is InChI=1S/C13H8N4O/c18-13-8-12(16-17-13)15-14-11-7-3-5-9-4-1-2-6-10(9)11/h1-8H. The number of nitrogens with zero attached hydrogens (tertiary/aromatic N) is 4. The van der Waals surface area contributed by atoms with Crippen LogP contribution in [0.5, 0.6) is 0 Å². The predicted molar refractivity (Wildman–Crippen MR) is 66.4 cm³/mol. The molecule has 3 rings (SSSR count). The fourth-order valence-corrected chi connectivity index (χ4v) is 1.72. The number of azo groups is 2. The van der Waals surface area contributed by atoms with Crippen molar-refractivity contribution >= 4 is 22.4 Å². The molecule has 0 unspecified atom stereocenters. The van der Waals surface area contributed by atoms with E-state index in [1.165, 1.54) is 6.08 Å². The number of rotatable bonds is 2. The van der Waals surface area contributed by atoms with Gasteiger partial charge in [0.2, 0.25) is 5.82 Å². The van der Waals surface area contributed by atoms with Crippen LogP contribution >= 0.6 is 0 Å². The molecular formula is C13H8N4O. The van der Waals surface area contributed by atoms with Crippen LogP contribution in [0.2, 0.25) is 0 Å². The van der Waals surface area contributed by atoms with Crippen molar-refractivity contribution < 1.29 is 4.79 Å². The zero-order chi connectivity index (χ0) is 12.4. The molecule has 1 amide bonds. The highest BCUT2D eigenvalue weighted by Gasteiger charge is 2.06. The third kappa shape index (κ3) is 1.93. The number of hydrogen-bond donors (Lipinski definition) is 0. The number of amides is 1. The van der Waals surface area contributed by atoms with Gasteiger partial charge < -0.3 is 0 Å². The molecule has 0 radical (unpaired) electrons. The summed E-state index contributed by atoms with van der Waals surface area (Å²) in [6, 6.07) is 13.7. The minimum atomic E-state index is -0.401. The van der Waals surface area contributed by atoms with Gasteiger partial charge in [-0.25, -0.2) is 0 Å². The molecule has 5 heteroatoms. The first-order valence-electron chi connectivity index (χ1n) is 5.40. The van der Waals surface area contributed by atoms with Crippen molar-refractivity contribution in [1.29, 1.82) is 0 Å². The zero-order valence-electron chi connectivity index (χ0n) is 9.32. The van der Waals surface area contributed by atoms with E-state index in [2.05, 4.69) is 20.5 Å². The van der Waals surface area contributed by atoms with Crippen LogP contribution in [-0.2, 0) is 4.79 Å². The van der Waals surface area contributed by atoms with Crippen LogP contribution in [0, 0.1) is 0 Å². The first kappa shape index (κ1) is 10.5. The molecule has 86 valence electrons. The van der Waals surface area contributed by atoms with Crippen molar-refractivity contribution in [1.82, 2.24) is 0 Å². The summed E-state index contributed by atoms with van der Waals surface area (Å²) in [5.74, 6) is -0.171. The Morgan fingerprint density at radius 2 is 1.72 bits per heavy atom. The van der Waals surface area contributed by atoms with E-state index in [-0.39, 0.29) is 5.82 Å². The van der Waals surface area contributed by atoms with E-state index in [1.807, 2.05) is 42.5 Å². The molecule has 0 bridgehead atoms. The van der Waals surface area contributed by atoms with Gasteiger partial charge >= 0.3 is 0 Å². The lowest BCUT2D eigenvalue weighted by molar-refractivity contribution is -0.113. The van der Waals surface area contributed by atoms with Gasteiger partial charge in [0.15, 0.2) is 0 Å². The molecule has 18 heavy (non-hydrogen) atoms. The van der Waals surface area contributed by atoms with Gasteiger partial charge in [-0.1, -0.05) is 36.4 Å². The van der Waals surface area contributed by atoms with Crippen LogP contribution in [0.15, 0.2) is 74.8 Å². The van der Waals surface area contributed by atoms with Crippen molar-refractivity contribution in [2.75, 3.05) is 0 Å². The van der Waals surface area contributed by atoms with Crippen LogP contribution in [0.3, 0.4) is 0 Å². The second-order valence-electron chi connectivity index (χ2n) is 3.74. The fourth-order valence-electron chi connectivity index (χ4n) is 1.72. The van der Waals surface area contributed by atoms with Crippen LogP contribution in [0.4, 0.5) is 5.69 Å². The van der Waals surface area contributed by atoms with Gasteiger partial charge in [-0.05, 0) is 11.5 Å². The van der Waals surface area contributed by atoms with E-state index in [4.69, 9.17) is 0 Å². The monoisotopic (exact) mass is 236 g/mol. The van der Waals surface area contributed by atoms with Gasteiger partial charge in [0.05, 0.1) is 11.8 Å². The summed E-state index contributed by atoms with van der Waals surface area (Å²) in [5.41, 5.74) is 0.739. The van der Waals surface area contributed by atoms with E-state index in [0.29, 0.717) is 0 Å². The van der Waals surface area contributed by atoms with Crippen LogP contribution in [0.25, 0.3) is 10.8 Å². The number of hydrogen-bond acceptors (Lipinski definition) is 4. The first-order valence-corrected chi connectivity index (χ1v) is 5.40. The molecule has 0 atom stereocenters. The Morgan fingerprint density at radius 3 is 2.56 bits per heavy atom. The maximum atomic E-state index is 10.8. The highest BCUT2D eigenvalue weighted by atomic mass is 16.1. The normalized spacial score (nSPS) is 14.7. The Balaban J connectivity index is 2.01. The van der Waals surface area contributed by atoms with E-state index in [0.717, 1.165) is 16.5 Å². The second-order valence-corrected chi connectivity index (χ2v) is 3.74. The third-order valence-electron chi connectivity index (χ3n) is 2.53. The Hall–Kier alpha value is -2.69. The number of fused-ring (bicyclic) bond motifs is 1. The Morgan fingerprint density at radius 1 is 0.889 bits per heavy atom. The topological polar surface area (TPSA) is 66.5 Å². The van der Waals surface area contributed by atoms with E-state index >= 15 is 0 Å². The molecule has 0 saturated heterocycles. The van der Waals surface area contributed by atoms with Gasteiger partial charge in [0.25, 0.3) is 5.91 Å². The van der Waals surface area contributed by atoms with E-state index in [9.17, 15) is 4.79 Å². The molecule has 1 aliphatic heterocycles. The third-order valence-corrected chi connectivity index (χ3v) is 2.53. The summed E-state index contributed by atoms with van der Waals surface area (Å²) in [6.07, 6.45) is 1.24. The van der Waals surface area contributed by atoms with Gasteiger partial charge in [-0.3, -0.25) is 4.79 Å². The van der Waals surface area contributed by atoms with Crippen molar-refractivity contribution in [2.45, 2.75) is 0 Å². The number of carbonyl (C=O) groups excluding carboxylic acids is 1. The molecule has 1 heterocycles. The van der Waals surface area contributed by atoms with E-state index in [1.54, 1.807) is 0 Å². The maximum Gasteiger partial charge on any atom is 0.292 e. The first-order chi connectivity index (χ1) is 8.83. The highest BCUT2D eigenvalue weighted by Crippen LogP contribution is 2.26. The van der Waals surface area contributed by atoms with Crippen molar-refractivity contribution in [3.05, 3.63) is 54.4 Å².